The highest BCUT2D eigenvalue weighted by Gasteiger charge is 2.16. The zero-order chi connectivity index (χ0) is 16.6. The van der Waals surface area contributed by atoms with Gasteiger partial charge >= 0.3 is 0 Å². The Morgan fingerprint density at radius 3 is 2.09 bits per heavy atom. The quantitative estimate of drug-likeness (QED) is 0.659. The SMILES string of the molecule is Cc1nc(-c2ccc(Br)cc2)c(-c2ccc(S(C)(=O)=O)cc2)o1. The van der Waals surface area contributed by atoms with Crippen LogP contribution in [0.4, 0.5) is 0 Å². The van der Waals surface area contributed by atoms with Crippen molar-refractivity contribution in [3.05, 3.63) is 58.9 Å². The lowest BCUT2D eigenvalue weighted by molar-refractivity contribution is 0.534. The van der Waals surface area contributed by atoms with Gasteiger partial charge in [-0.3, -0.25) is 0 Å². The number of oxazole rings is 1. The van der Waals surface area contributed by atoms with E-state index in [1.54, 1.807) is 31.2 Å². The molecule has 0 saturated carbocycles. The molecule has 3 aromatic rings. The first kappa shape index (κ1) is 16.0. The number of sulfone groups is 1. The van der Waals surface area contributed by atoms with Crippen molar-refractivity contribution in [3.63, 3.8) is 0 Å². The summed E-state index contributed by atoms with van der Waals surface area (Å²) in [7, 11) is -3.22. The molecule has 0 unspecified atom stereocenters. The van der Waals surface area contributed by atoms with Crippen molar-refractivity contribution in [1.29, 1.82) is 0 Å². The molecule has 3 rings (SSSR count). The first-order valence-corrected chi connectivity index (χ1v) is 9.57. The molecule has 0 N–H and O–H groups in total. The molecular formula is C17H14BrNO3S. The van der Waals surface area contributed by atoms with Gasteiger partial charge in [-0.2, -0.15) is 0 Å². The molecule has 0 fully saturated rings. The number of rotatable bonds is 3. The fourth-order valence-corrected chi connectivity index (χ4v) is 3.17. The number of aryl methyl sites for hydroxylation is 1. The Balaban J connectivity index is 2.09. The van der Waals surface area contributed by atoms with Crippen LogP contribution in [0.2, 0.25) is 0 Å². The third-order valence-electron chi connectivity index (χ3n) is 3.40. The Labute approximate surface area is 143 Å². The molecule has 6 heteroatoms. The second-order valence-electron chi connectivity index (χ2n) is 5.21. The van der Waals surface area contributed by atoms with Gasteiger partial charge in [0.1, 0.15) is 5.69 Å². The van der Waals surface area contributed by atoms with Crippen LogP contribution >= 0.6 is 15.9 Å². The van der Waals surface area contributed by atoms with E-state index in [2.05, 4.69) is 20.9 Å². The van der Waals surface area contributed by atoms with Gasteiger partial charge in [0.2, 0.25) is 0 Å². The van der Waals surface area contributed by atoms with Gasteiger partial charge in [0.15, 0.2) is 21.5 Å². The molecule has 2 aromatic carbocycles. The van der Waals surface area contributed by atoms with Gasteiger partial charge in [-0.25, -0.2) is 13.4 Å². The number of hydrogen-bond donors (Lipinski definition) is 0. The van der Waals surface area contributed by atoms with Gasteiger partial charge in [-0.1, -0.05) is 28.1 Å². The standard InChI is InChI=1S/C17H14BrNO3S/c1-11-19-16(12-3-7-14(18)8-4-12)17(22-11)13-5-9-15(10-6-13)23(2,20)21/h3-10H,1-2H3. The van der Waals surface area contributed by atoms with E-state index >= 15 is 0 Å². The average Bonchev–Trinajstić information content (AvgIpc) is 2.89. The van der Waals surface area contributed by atoms with Crippen LogP contribution in [-0.2, 0) is 9.84 Å². The van der Waals surface area contributed by atoms with Gasteiger partial charge in [0, 0.05) is 28.8 Å². The van der Waals surface area contributed by atoms with Crippen molar-refractivity contribution in [2.75, 3.05) is 6.26 Å². The molecule has 4 nitrogen and oxygen atoms in total. The van der Waals surface area contributed by atoms with Crippen LogP contribution in [0.1, 0.15) is 5.89 Å². The summed E-state index contributed by atoms with van der Waals surface area (Å²) in [4.78, 5) is 4.74. The molecule has 0 bridgehead atoms. The topological polar surface area (TPSA) is 60.2 Å². The number of nitrogens with zero attached hydrogens (tertiary/aromatic N) is 1. The number of halogens is 1. The second-order valence-corrected chi connectivity index (χ2v) is 8.15. The van der Waals surface area contributed by atoms with Crippen LogP contribution in [0.5, 0.6) is 0 Å². The van der Waals surface area contributed by atoms with Crippen molar-refractivity contribution in [2.24, 2.45) is 0 Å². The molecule has 0 spiro atoms. The molecule has 0 aliphatic heterocycles. The minimum Gasteiger partial charge on any atom is -0.440 e. The minimum absolute atomic E-state index is 0.280. The normalized spacial score (nSPS) is 11.6. The summed E-state index contributed by atoms with van der Waals surface area (Å²) in [5, 5.41) is 0. The third kappa shape index (κ3) is 3.38. The minimum atomic E-state index is -3.22. The second kappa shape index (κ2) is 5.94. The van der Waals surface area contributed by atoms with E-state index in [1.165, 1.54) is 6.26 Å². The van der Waals surface area contributed by atoms with Gasteiger partial charge in [0.25, 0.3) is 0 Å². The summed E-state index contributed by atoms with van der Waals surface area (Å²) in [6, 6.07) is 14.4. The van der Waals surface area contributed by atoms with Crippen LogP contribution in [0, 0.1) is 6.92 Å². The van der Waals surface area contributed by atoms with Crippen molar-refractivity contribution in [2.45, 2.75) is 11.8 Å². The molecule has 23 heavy (non-hydrogen) atoms. The maximum Gasteiger partial charge on any atom is 0.192 e. The van der Waals surface area contributed by atoms with Gasteiger partial charge in [0.05, 0.1) is 4.90 Å². The Bertz CT molecular complexity index is 943. The number of benzene rings is 2. The predicted molar refractivity (Wildman–Crippen MR) is 92.9 cm³/mol. The Hall–Kier alpha value is -1.92. The van der Waals surface area contributed by atoms with Crippen LogP contribution in [0.15, 0.2) is 62.3 Å². The molecule has 0 radical (unpaired) electrons. The van der Waals surface area contributed by atoms with Crippen LogP contribution < -0.4 is 0 Å². The largest absolute Gasteiger partial charge is 0.440 e. The van der Waals surface area contributed by atoms with Crippen molar-refractivity contribution in [1.82, 2.24) is 4.98 Å². The Morgan fingerprint density at radius 2 is 1.52 bits per heavy atom. The molecule has 1 heterocycles. The molecule has 118 valence electrons. The fourth-order valence-electron chi connectivity index (χ4n) is 2.28. The Morgan fingerprint density at radius 1 is 0.957 bits per heavy atom. The smallest absolute Gasteiger partial charge is 0.192 e. The molecule has 1 aromatic heterocycles. The third-order valence-corrected chi connectivity index (χ3v) is 5.05. The zero-order valence-electron chi connectivity index (χ0n) is 12.6. The maximum absolute atomic E-state index is 11.6. The highest BCUT2D eigenvalue weighted by Crippen LogP contribution is 2.33. The molecular weight excluding hydrogens is 378 g/mol. The van der Waals surface area contributed by atoms with Gasteiger partial charge in [-0.05, 0) is 36.4 Å². The van der Waals surface area contributed by atoms with Crippen LogP contribution in [-0.4, -0.2) is 19.7 Å². The van der Waals surface area contributed by atoms with Gasteiger partial charge < -0.3 is 4.42 Å². The summed E-state index contributed by atoms with van der Waals surface area (Å²) < 4.78 is 29.9. The summed E-state index contributed by atoms with van der Waals surface area (Å²) in [5.74, 6) is 1.19. The van der Waals surface area contributed by atoms with Gasteiger partial charge in [-0.15, -0.1) is 0 Å². The summed E-state index contributed by atoms with van der Waals surface area (Å²) >= 11 is 3.41. The summed E-state index contributed by atoms with van der Waals surface area (Å²) in [6.07, 6.45) is 1.19. The average molecular weight is 392 g/mol. The molecule has 0 aliphatic carbocycles. The van der Waals surface area contributed by atoms with E-state index in [1.807, 2.05) is 24.3 Å². The van der Waals surface area contributed by atoms with Crippen molar-refractivity contribution >= 4 is 25.8 Å². The summed E-state index contributed by atoms with van der Waals surface area (Å²) in [5.41, 5.74) is 2.46. The van der Waals surface area contributed by atoms with E-state index in [4.69, 9.17) is 4.42 Å². The highest BCUT2D eigenvalue weighted by molar-refractivity contribution is 9.10. The Kier molecular flexibility index (Phi) is 4.12. The van der Waals surface area contributed by atoms with E-state index in [-0.39, 0.29) is 4.90 Å². The molecule has 0 saturated heterocycles. The van der Waals surface area contributed by atoms with E-state index < -0.39 is 9.84 Å². The van der Waals surface area contributed by atoms with E-state index in [9.17, 15) is 8.42 Å². The summed E-state index contributed by atoms with van der Waals surface area (Å²) in [6.45, 7) is 1.79. The van der Waals surface area contributed by atoms with E-state index in [0.717, 1.165) is 21.3 Å². The molecule has 0 amide bonds. The lowest BCUT2D eigenvalue weighted by Gasteiger charge is -2.03. The van der Waals surface area contributed by atoms with Crippen molar-refractivity contribution in [3.8, 4) is 22.6 Å². The fraction of sp³-hybridized carbons (Fsp3) is 0.118. The number of hydrogen-bond acceptors (Lipinski definition) is 4. The molecule has 0 atom stereocenters. The molecule has 0 aliphatic rings. The lowest BCUT2D eigenvalue weighted by Crippen LogP contribution is -1.96. The first-order chi connectivity index (χ1) is 10.8. The van der Waals surface area contributed by atoms with Crippen LogP contribution in [0.25, 0.3) is 22.6 Å². The number of aromatic nitrogens is 1. The monoisotopic (exact) mass is 391 g/mol. The predicted octanol–water partition coefficient (Wildman–Crippen LogP) is 4.48. The maximum atomic E-state index is 11.6. The van der Waals surface area contributed by atoms with Crippen LogP contribution in [0.3, 0.4) is 0 Å². The first-order valence-electron chi connectivity index (χ1n) is 6.88. The lowest BCUT2D eigenvalue weighted by atomic mass is 10.1. The zero-order valence-corrected chi connectivity index (χ0v) is 15.0. The van der Waals surface area contributed by atoms with Crippen molar-refractivity contribution < 1.29 is 12.8 Å². The highest BCUT2D eigenvalue weighted by atomic mass is 79.9. The van der Waals surface area contributed by atoms with E-state index in [0.29, 0.717) is 11.7 Å².